The first-order valence-corrected chi connectivity index (χ1v) is 8.47. The van der Waals surface area contributed by atoms with Gasteiger partial charge in [-0.2, -0.15) is 0 Å². The van der Waals surface area contributed by atoms with Crippen LogP contribution in [0.25, 0.3) is 10.8 Å². The number of ketones is 2. The largest absolute Gasteiger partial charge is 0.289 e. The molecule has 2 nitrogen and oxygen atoms in total. The van der Waals surface area contributed by atoms with Crippen molar-refractivity contribution in [2.24, 2.45) is 0 Å². The van der Waals surface area contributed by atoms with Crippen LogP contribution in [0.5, 0.6) is 0 Å². The Hall–Kier alpha value is -3.52. The van der Waals surface area contributed by atoms with Gasteiger partial charge >= 0.3 is 0 Å². The molecule has 0 heterocycles. The Morgan fingerprint density at radius 2 is 1.00 bits per heavy atom. The molecule has 2 heteroatoms. The van der Waals surface area contributed by atoms with E-state index in [-0.39, 0.29) is 11.6 Å². The second-order valence-corrected chi connectivity index (χ2v) is 6.10. The highest BCUT2D eigenvalue weighted by molar-refractivity contribution is 6.22. The molecule has 4 aromatic rings. The van der Waals surface area contributed by atoms with E-state index < -0.39 is 0 Å². The van der Waals surface area contributed by atoms with Gasteiger partial charge in [0.25, 0.3) is 0 Å². The Morgan fingerprint density at radius 1 is 0.462 bits per heavy atom. The summed E-state index contributed by atoms with van der Waals surface area (Å²) in [4.78, 5) is 26.2. The maximum absolute atomic E-state index is 13.3. The molecule has 0 aliphatic heterocycles. The lowest BCUT2D eigenvalue weighted by Crippen LogP contribution is -2.11. The highest BCUT2D eigenvalue weighted by Gasteiger charge is 2.20. The molecule has 0 aromatic heterocycles. The molecule has 0 N–H and O–H groups in total. The Morgan fingerprint density at radius 3 is 1.77 bits per heavy atom. The molecule has 26 heavy (non-hydrogen) atoms. The molecule has 0 aliphatic carbocycles. The number of hydrogen-bond donors (Lipinski definition) is 0. The fourth-order valence-electron chi connectivity index (χ4n) is 3.19. The van der Waals surface area contributed by atoms with Crippen LogP contribution in [0, 0.1) is 0 Å². The predicted molar refractivity (Wildman–Crippen MR) is 104 cm³/mol. The van der Waals surface area contributed by atoms with Gasteiger partial charge in [-0.25, -0.2) is 0 Å². The van der Waals surface area contributed by atoms with Gasteiger partial charge in [-0.3, -0.25) is 9.59 Å². The molecule has 0 atom stereocenters. The van der Waals surface area contributed by atoms with Gasteiger partial charge in [0.15, 0.2) is 11.6 Å². The van der Waals surface area contributed by atoms with Crippen molar-refractivity contribution in [2.45, 2.75) is 0 Å². The highest BCUT2D eigenvalue weighted by Crippen LogP contribution is 2.24. The summed E-state index contributed by atoms with van der Waals surface area (Å²) in [5.41, 5.74) is 2.04. The van der Waals surface area contributed by atoms with Crippen LogP contribution in [0.3, 0.4) is 0 Å². The lowest BCUT2D eigenvalue weighted by Gasteiger charge is -2.10. The van der Waals surface area contributed by atoms with Crippen LogP contribution in [-0.4, -0.2) is 11.6 Å². The van der Waals surface area contributed by atoms with Gasteiger partial charge in [-0.05, 0) is 10.8 Å². The van der Waals surface area contributed by atoms with Crippen molar-refractivity contribution in [3.63, 3.8) is 0 Å². The summed E-state index contributed by atoms with van der Waals surface area (Å²) in [6, 6.07) is 29.5. The summed E-state index contributed by atoms with van der Waals surface area (Å²) in [5, 5.41) is 1.90. The Bertz CT molecular complexity index is 1110. The third kappa shape index (κ3) is 2.82. The van der Waals surface area contributed by atoms with E-state index in [4.69, 9.17) is 0 Å². The summed E-state index contributed by atoms with van der Waals surface area (Å²) in [5.74, 6) is -0.281. The van der Waals surface area contributed by atoms with E-state index in [1.165, 1.54) is 0 Å². The number of rotatable bonds is 4. The third-order valence-electron chi connectivity index (χ3n) is 4.49. The number of carbonyl (C=O) groups excluding carboxylic acids is 2. The van der Waals surface area contributed by atoms with Crippen LogP contribution in [0.4, 0.5) is 0 Å². The normalized spacial score (nSPS) is 10.6. The summed E-state index contributed by atoms with van der Waals surface area (Å²) in [7, 11) is 0. The molecule has 0 bridgehead atoms. The molecule has 0 saturated heterocycles. The first-order chi connectivity index (χ1) is 12.8. The summed E-state index contributed by atoms with van der Waals surface area (Å²) in [6.45, 7) is 0. The highest BCUT2D eigenvalue weighted by atomic mass is 16.1. The second kappa shape index (κ2) is 6.77. The molecule has 0 saturated carbocycles. The molecular weight excluding hydrogens is 320 g/mol. The number of carbonyl (C=O) groups is 2. The minimum Gasteiger partial charge on any atom is -0.289 e. The topological polar surface area (TPSA) is 34.1 Å². The summed E-state index contributed by atoms with van der Waals surface area (Å²) in [6.07, 6.45) is 0. The van der Waals surface area contributed by atoms with Gasteiger partial charge in [-0.15, -0.1) is 0 Å². The van der Waals surface area contributed by atoms with Crippen LogP contribution < -0.4 is 0 Å². The lowest BCUT2D eigenvalue weighted by molar-refractivity contribution is 0.100. The maximum atomic E-state index is 13.3. The van der Waals surface area contributed by atoms with Crippen molar-refractivity contribution in [1.29, 1.82) is 0 Å². The zero-order chi connectivity index (χ0) is 17.9. The monoisotopic (exact) mass is 336 g/mol. The molecule has 124 valence electrons. The standard InChI is InChI=1S/C24H16O2/c25-23(18-10-2-1-3-11-18)21-14-6-7-15-22(21)24(26)20-16-8-12-17-9-4-5-13-19(17)20/h1-16H. The molecule has 0 spiro atoms. The van der Waals surface area contributed by atoms with E-state index in [0.29, 0.717) is 22.3 Å². The molecular formula is C24H16O2. The van der Waals surface area contributed by atoms with Gasteiger partial charge in [0.1, 0.15) is 0 Å². The molecule has 0 unspecified atom stereocenters. The molecule has 0 fully saturated rings. The number of fused-ring (bicyclic) bond motifs is 1. The summed E-state index contributed by atoms with van der Waals surface area (Å²) < 4.78 is 0. The summed E-state index contributed by atoms with van der Waals surface area (Å²) >= 11 is 0. The van der Waals surface area contributed by atoms with E-state index in [1.807, 2.05) is 60.7 Å². The fourth-order valence-corrected chi connectivity index (χ4v) is 3.19. The van der Waals surface area contributed by atoms with Crippen LogP contribution in [0.15, 0.2) is 97.1 Å². The van der Waals surface area contributed by atoms with E-state index in [9.17, 15) is 9.59 Å². The maximum Gasteiger partial charge on any atom is 0.194 e. The van der Waals surface area contributed by atoms with Crippen LogP contribution in [-0.2, 0) is 0 Å². The zero-order valence-corrected chi connectivity index (χ0v) is 14.1. The minimum atomic E-state index is -0.144. The Kier molecular flexibility index (Phi) is 4.16. The van der Waals surface area contributed by atoms with Crippen molar-refractivity contribution in [1.82, 2.24) is 0 Å². The van der Waals surface area contributed by atoms with Crippen molar-refractivity contribution in [3.8, 4) is 0 Å². The molecule has 0 aliphatic rings. The SMILES string of the molecule is O=C(c1ccccc1)c1ccccc1C(=O)c1cccc2ccccc12. The van der Waals surface area contributed by atoms with Gasteiger partial charge in [0.05, 0.1) is 0 Å². The minimum absolute atomic E-state index is 0.137. The zero-order valence-electron chi connectivity index (χ0n) is 14.1. The smallest absolute Gasteiger partial charge is 0.194 e. The number of hydrogen-bond acceptors (Lipinski definition) is 2. The van der Waals surface area contributed by atoms with E-state index in [2.05, 4.69) is 0 Å². The van der Waals surface area contributed by atoms with Crippen molar-refractivity contribution < 1.29 is 9.59 Å². The average molecular weight is 336 g/mol. The molecule has 4 rings (SSSR count). The quantitative estimate of drug-likeness (QED) is 0.474. The van der Waals surface area contributed by atoms with Crippen molar-refractivity contribution in [2.75, 3.05) is 0 Å². The Labute approximate surface area is 151 Å². The van der Waals surface area contributed by atoms with E-state index in [1.54, 1.807) is 36.4 Å². The first-order valence-electron chi connectivity index (χ1n) is 8.47. The van der Waals surface area contributed by atoms with E-state index >= 15 is 0 Å². The second-order valence-electron chi connectivity index (χ2n) is 6.10. The Balaban J connectivity index is 1.84. The third-order valence-corrected chi connectivity index (χ3v) is 4.49. The van der Waals surface area contributed by atoms with Gasteiger partial charge in [0.2, 0.25) is 0 Å². The predicted octanol–water partition coefficient (Wildman–Crippen LogP) is 5.30. The molecule has 0 radical (unpaired) electrons. The molecule has 4 aromatic carbocycles. The van der Waals surface area contributed by atoms with Crippen LogP contribution in [0.1, 0.15) is 31.8 Å². The average Bonchev–Trinajstić information content (AvgIpc) is 2.73. The molecule has 0 amide bonds. The van der Waals surface area contributed by atoms with Crippen molar-refractivity contribution >= 4 is 22.3 Å². The van der Waals surface area contributed by atoms with Crippen LogP contribution >= 0.6 is 0 Å². The fraction of sp³-hybridized carbons (Fsp3) is 0. The van der Waals surface area contributed by atoms with Gasteiger partial charge in [-0.1, -0.05) is 97.1 Å². The van der Waals surface area contributed by atoms with Gasteiger partial charge < -0.3 is 0 Å². The van der Waals surface area contributed by atoms with Crippen molar-refractivity contribution in [3.05, 3.63) is 119 Å². The van der Waals surface area contributed by atoms with Gasteiger partial charge in [0, 0.05) is 22.3 Å². The van der Waals surface area contributed by atoms with Crippen LogP contribution in [0.2, 0.25) is 0 Å². The lowest BCUT2D eigenvalue weighted by atomic mass is 9.91. The number of benzene rings is 4. The first kappa shape index (κ1) is 16.0. The van der Waals surface area contributed by atoms with E-state index in [0.717, 1.165) is 10.8 Å².